The predicted octanol–water partition coefficient (Wildman–Crippen LogP) is 0.145. The van der Waals surface area contributed by atoms with Crippen molar-refractivity contribution in [2.75, 3.05) is 0 Å². The predicted molar refractivity (Wildman–Crippen MR) is 114 cm³/mol. The molecular weight excluding hydrogens is 576 g/mol. The summed E-state index contributed by atoms with van der Waals surface area (Å²) in [5.74, 6) is -3.18. The maximum Gasteiger partial charge on any atom is 0.343 e. The molecule has 0 aliphatic carbocycles. The molecule has 1 heterocycles. The Kier molecular flexibility index (Phi) is 6.39. The van der Waals surface area contributed by atoms with Crippen LogP contribution in [0.5, 0.6) is 0 Å². The summed E-state index contributed by atoms with van der Waals surface area (Å²) < 4.78 is 140. The number of hydrogen-bond acceptors (Lipinski definition) is 11. The van der Waals surface area contributed by atoms with E-state index in [1.165, 1.54) is 18.2 Å². The lowest BCUT2D eigenvalue weighted by atomic mass is 10.0. The minimum atomic E-state index is -6.30. The standard InChI is InChI=1S/C16H10O16S4/c17-9-7-11(32-10(8(9)16(18)19)6-4-2-1-3-5-6)13(34(23,24)25)15(36(29,30)31)14(35(26,27)28)12(7)33(20,21)22/h1-5H,(H,18,19)(H,20,21,22)(H,23,24,25)(H,26,27,28)(H,29,30,31). The fourth-order valence-corrected chi connectivity index (χ4v) is 8.12. The van der Waals surface area contributed by atoms with Crippen molar-refractivity contribution in [1.82, 2.24) is 0 Å². The Bertz CT molecular complexity index is 1950. The number of carboxylic acid groups (broad SMARTS) is 1. The summed E-state index contributed by atoms with van der Waals surface area (Å²) in [6.45, 7) is 0. The fourth-order valence-electron chi connectivity index (χ4n) is 3.26. The Morgan fingerprint density at radius 1 is 0.667 bits per heavy atom. The van der Waals surface area contributed by atoms with Gasteiger partial charge in [0.1, 0.15) is 14.7 Å². The molecule has 0 fully saturated rings. The number of fused-ring (bicyclic) bond motifs is 1. The van der Waals surface area contributed by atoms with Crippen molar-refractivity contribution in [3.63, 3.8) is 0 Å². The summed E-state index contributed by atoms with van der Waals surface area (Å²) in [6.07, 6.45) is 0. The first-order valence-corrected chi connectivity index (χ1v) is 14.3. The van der Waals surface area contributed by atoms with Gasteiger partial charge in [-0.1, -0.05) is 30.3 Å². The molecule has 0 aliphatic heterocycles. The van der Waals surface area contributed by atoms with Crippen molar-refractivity contribution in [2.24, 2.45) is 0 Å². The third-order valence-electron chi connectivity index (χ3n) is 4.45. The molecule has 0 amide bonds. The van der Waals surface area contributed by atoms with Crippen LogP contribution in [0.3, 0.4) is 0 Å². The van der Waals surface area contributed by atoms with E-state index in [4.69, 9.17) is 4.42 Å². The number of hydrogen-bond donors (Lipinski definition) is 5. The van der Waals surface area contributed by atoms with Gasteiger partial charge in [0.15, 0.2) is 21.8 Å². The van der Waals surface area contributed by atoms with Crippen molar-refractivity contribution in [2.45, 2.75) is 19.6 Å². The lowest BCUT2D eigenvalue weighted by Gasteiger charge is -2.17. The van der Waals surface area contributed by atoms with Gasteiger partial charge in [-0.2, -0.15) is 33.7 Å². The normalized spacial score (nSPS) is 13.1. The second-order valence-electron chi connectivity index (χ2n) is 6.73. The fraction of sp³-hybridized carbons (Fsp3) is 0. The van der Waals surface area contributed by atoms with Crippen molar-refractivity contribution in [3.8, 4) is 11.3 Å². The molecule has 0 aliphatic rings. The van der Waals surface area contributed by atoms with Crippen LogP contribution >= 0.6 is 0 Å². The largest absolute Gasteiger partial charge is 0.477 e. The van der Waals surface area contributed by atoms with Crippen LogP contribution in [-0.4, -0.2) is 63.0 Å². The first-order chi connectivity index (χ1) is 16.2. The number of carbonyl (C=O) groups is 1. The Morgan fingerprint density at radius 3 is 1.47 bits per heavy atom. The molecule has 3 aromatic rings. The van der Waals surface area contributed by atoms with Gasteiger partial charge >= 0.3 is 5.97 Å². The number of rotatable bonds is 6. The molecule has 3 rings (SSSR count). The number of carboxylic acids is 1. The molecule has 194 valence electrons. The van der Waals surface area contributed by atoms with Crippen LogP contribution < -0.4 is 5.43 Å². The maximum atomic E-state index is 13.2. The molecule has 0 unspecified atom stereocenters. The highest BCUT2D eigenvalue weighted by atomic mass is 32.2. The van der Waals surface area contributed by atoms with Gasteiger partial charge in [-0.05, 0) is 0 Å². The van der Waals surface area contributed by atoms with Crippen LogP contribution in [0.2, 0.25) is 0 Å². The maximum absolute atomic E-state index is 13.2. The van der Waals surface area contributed by atoms with Crippen LogP contribution in [0, 0.1) is 0 Å². The van der Waals surface area contributed by atoms with Gasteiger partial charge in [-0.15, -0.1) is 0 Å². The highest BCUT2D eigenvalue weighted by molar-refractivity contribution is 7.91. The summed E-state index contributed by atoms with van der Waals surface area (Å²) in [4.78, 5) is 15.3. The second-order valence-corrected chi connectivity index (χ2v) is 12.2. The van der Waals surface area contributed by atoms with Gasteiger partial charge in [-0.25, -0.2) is 4.79 Å². The molecule has 5 N–H and O–H groups in total. The van der Waals surface area contributed by atoms with Gasteiger partial charge in [0.05, 0.1) is 5.39 Å². The van der Waals surface area contributed by atoms with E-state index in [0.29, 0.717) is 0 Å². The first kappa shape index (κ1) is 27.3. The molecule has 1 aromatic heterocycles. The number of aromatic carboxylic acids is 1. The Labute approximate surface area is 200 Å². The van der Waals surface area contributed by atoms with Gasteiger partial charge in [0, 0.05) is 5.56 Å². The molecule has 0 radical (unpaired) electrons. The molecule has 0 saturated heterocycles. The average molecular weight is 587 g/mol. The zero-order chi connectivity index (χ0) is 27.6. The minimum absolute atomic E-state index is 0.296. The first-order valence-electron chi connectivity index (χ1n) is 8.58. The lowest BCUT2D eigenvalue weighted by molar-refractivity contribution is 0.0694. The van der Waals surface area contributed by atoms with E-state index in [2.05, 4.69) is 0 Å². The second kappa shape index (κ2) is 8.41. The summed E-state index contributed by atoms with van der Waals surface area (Å²) in [6, 6.07) is 6.14. The molecule has 0 atom stereocenters. The molecule has 0 saturated carbocycles. The Balaban J connectivity index is 3.04. The van der Waals surface area contributed by atoms with Crippen LogP contribution in [-0.2, 0) is 40.5 Å². The van der Waals surface area contributed by atoms with E-state index in [1.54, 1.807) is 0 Å². The molecule has 16 nitrogen and oxygen atoms in total. The third-order valence-corrected chi connectivity index (χ3v) is 8.51. The molecule has 36 heavy (non-hydrogen) atoms. The van der Waals surface area contributed by atoms with E-state index in [9.17, 15) is 66.6 Å². The van der Waals surface area contributed by atoms with Gasteiger partial charge in [-0.3, -0.25) is 23.0 Å². The summed E-state index contributed by atoms with van der Waals surface area (Å²) >= 11 is 0. The molecule has 0 spiro atoms. The van der Waals surface area contributed by atoms with Crippen LogP contribution in [0.15, 0.2) is 59.1 Å². The van der Waals surface area contributed by atoms with Crippen LogP contribution in [0.4, 0.5) is 0 Å². The number of benzene rings is 2. The van der Waals surface area contributed by atoms with Crippen LogP contribution in [0.25, 0.3) is 22.3 Å². The third kappa shape index (κ3) is 4.62. The van der Waals surface area contributed by atoms with E-state index in [0.717, 1.165) is 12.1 Å². The topological polar surface area (TPSA) is 285 Å². The van der Waals surface area contributed by atoms with E-state index < -0.39 is 93.7 Å². The monoisotopic (exact) mass is 586 g/mol. The molecule has 2 aromatic carbocycles. The highest BCUT2D eigenvalue weighted by Gasteiger charge is 2.44. The Morgan fingerprint density at radius 2 is 1.08 bits per heavy atom. The van der Waals surface area contributed by atoms with Crippen molar-refractivity contribution in [3.05, 3.63) is 46.1 Å². The van der Waals surface area contributed by atoms with E-state index in [-0.39, 0.29) is 5.56 Å². The smallest absolute Gasteiger partial charge is 0.343 e. The molecule has 0 bridgehead atoms. The zero-order valence-corrected chi connectivity index (χ0v) is 20.0. The minimum Gasteiger partial charge on any atom is -0.477 e. The quantitative estimate of drug-likeness (QED) is 0.240. The summed E-state index contributed by atoms with van der Waals surface area (Å²) in [5, 5.41) is 7.66. The highest BCUT2D eigenvalue weighted by Crippen LogP contribution is 2.41. The SMILES string of the molecule is O=C(O)c1c(-c2ccccc2)oc2c(S(=O)(=O)O)c(S(=O)(=O)O)c(S(=O)(=O)O)c(S(=O)(=O)O)c2c1=O. The average Bonchev–Trinajstić information content (AvgIpc) is 2.69. The zero-order valence-electron chi connectivity index (χ0n) is 16.7. The van der Waals surface area contributed by atoms with Gasteiger partial charge in [0.2, 0.25) is 5.43 Å². The summed E-state index contributed by atoms with van der Waals surface area (Å²) in [5.41, 5.74) is -5.59. The molecule has 20 heteroatoms. The van der Waals surface area contributed by atoms with Crippen molar-refractivity contribution < 1.29 is 66.2 Å². The van der Waals surface area contributed by atoms with E-state index in [1.807, 2.05) is 0 Å². The van der Waals surface area contributed by atoms with Gasteiger partial charge in [0.25, 0.3) is 40.5 Å². The van der Waals surface area contributed by atoms with Crippen molar-refractivity contribution in [1.29, 1.82) is 0 Å². The van der Waals surface area contributed by atoms with Crippen LogP contribution in [0.1, 0.15) is 10.4 Å². The lowest BCUT2D eigenvalue weighted by Crippen LogP contribution is -2.24. The van der Waals surface area contributed by atoms with Gasteiger partial charge < -0.3 is 9.52 Å². The molecular formula is C16H10O16S4. The van der Waals surface area contributed by atoms with E-state index >= 15 is 0 Å². The summed E-state index contributed by atoms with van der Waals surface area (Å²) in [7, 11) is -24.8. The van der Waals surface area contributed by atoms with Crippen molar-refractivity contribution >= 4 is 57.4 Å². The Hall–Kier alpha value is -3.24.